The average Bonchev–Trinajstić information content (AvgIpc) is 3.16. The molecule has 0 spiro atoms. The van der Waals surface area contributed by atoms with Crippen molar-refractivity contribution in [2.75, 3.05) is 26.8 Å². The van der Waals surface area contributed by atoms with Gasteiger partial charge < -0.3 is 14.5 Å². The van der Waals surface area contributed by atoms with Gasteiger partial charge in [-0.3, -0.25) is 9.59 Å². The Morgan fingerprint density at radius 1 is 1.03 bits per heavy atom. The van der Waals surface area contributed by atoms with Gasteiger partial charge in [0.15, 0.2) is 0 Å². The van der Waals surface area contributed by atoms with Crippen LogP contribution in [-0.2, 0) is 27.4 Å². The molecule has 1 heterocycles. The van der Waals surface area contributed by atoms with Crippen molar-refractivity contribution in [1.82, 2.24) is 9.80 Å². The Morgan fingerprint density at radius 2 is 1.77 bits per heavy atom. The summed E-state index contributed by atoms with van der Waals surface area (Å²) in [6.07, 6.45) is 3.29. The predicted molar refractivity (Wildman–Crippen MR) is 122 cm³/mol. The molecule has 0 aliphatic carbocycles. The molecule has 0 bridgehead atoms. The number of methoxy groups -OCH3 is 1. The van der Waals surface area contributed by atoms with Gasteiger partial charge in [-0.1, -0.05) is 31.9 Å². The molecule has 0 N–H and O–H groups in total. The highest BCUT2D eigenvalue weighted by molar-refractivity contribution is 7.10. The number of benzene rings is 1. The van der Waals surface area contributed by atoms with Crippen molar-refractivity contribution in [2.45, 2.75) is 52.6 Å². The first-order valence-electron chi connectivity index (χ1n) is 10.8. The smallest absolute Gasteiger partial charge is 0.242 e. The van der Waals surface area contributed by atoms with Crippen molar-refractivity contribution in [1.29, 1.82) is 0 Å². The van der Waals surface area contributed by atoms with Gasteiger partial charge in [-0.2, -0.15) is 0 Å². The van der Waals surface area contributed by atoms with Crippen LogP contribution in [0.1, 0.15) is 48.6 Å². The number of halogens is 1. The molecule has 0 aliphatic heterocycles. The lowest BCUT2D eigenvalue weighted by Crippen LogP contribution is -2.43. The first-order chi connectivity index (χ1) is 14.9. The van der Waals surface area contributed by atoms with Gasteiger partial charge in [-0.25, -0.2) is 4.39 Å². The summed E-state index contributed by atoms with van der Waals surface area (Å²) in [7, 11) is 1.59. The van der Waals surface area contributed by atoms with Gasteiger partial charge >= 0.3 is 0 Å². The average molecular weight is 449 g/mol. The van der Waals surface area contributed by atoms with Gasteiger partial charge in [0.2, 0.25) is 11.8 Å². The van der Waals surface area contributed by atoms with Gasteiger partial charge in [0.05, 0.1) is 19.7 Å². The van der Waals surface area contributed by atoms with Crippen molar-refractivity contribution in [3.8, 4) is 0 Å². The SMILES string of the molecule is CCCCCC(=O)N(CCOC)CC(=O)N(Cc1ccc(F)cc1)Cc1sccc1C. The molecule has 0 radical (unpaired) electrons. The van der Waals surface area contributed by atoms with Crippen LogP contribution in [-0.4, -0.2) is 48.4 Å². The Bertz CT molecular complexity index is 822. The van der Waals surface area contributed by atoms with E-state index in [9.17, 15) is 14.0 Å². The van der Waals surface area contributed by atoms with Crippen molar-refractivity contribution in [2.24, 2.45) is 0 Å². The molecule has 0 saturated heterocycles. The van der Waals surface area contributed by atoms with Crippen LogP contribution in [0.5, 0.6) is 0 Å². The van der Waals surface area contributed by atoms with Crippen LogP contribution in [0, 0.1) is 12.7 Å². The summed E-state index contributed by atoms with van der Waals surface area (Å²) in [6.45, 7) is 5.72. The predicted octanol–water partition coefficient (Wildman–Crippen LogP) is 4.78. The third-order valence-corrected chi connectivity index (χ3v) is 6.19. The van der Waals surface area contributed by atoms with Crippen LogP contribution < -0.4 is 0 Å². The van der Waals surface area contributed by atoms with E-state index in [4.69, 9.17) is 4.74 Å². The second-order valence-corrected chi connectivity index (χ2v) is 8.67. The van der Waals surface area contributed by atoms with Crippen molar-refractivity contribution < 1.29 is 18.7 Å². The van der Waals surface area contributed by atoms with Crippen LogP contribution in [0.3, 0.4) is 0 Å². The zero-order chi connectivity index (χ0) is 22.6. The topological polar surface area (TPSA) is 49.9 Å². The second kappa shape index (κ2) is 13.2. The molecular weight excluding hydrogens is 415 g/mol. The number of aryl methyl sites for hydroxylation is 1. The zero-order valence-electron chi connectivity index (χ0n) is 18.7. The summed E-state index contributed by atoms with van der Waals surface area (Å²) in [5.74, 6) is -0.455. The van der Waals surface area contributed by atoms with E-state index in [1.54, 1.807) is 40.4 Å². The fourth-order valence-corrected chi connectivity index (χ4v) is 4.14. The number of rotatable bonds is 13. The van der Waals surface area contributed by atoms with Crippen LogP contribution in [0.15, 0.2) is 35.7 Å². The molecule has 5 nitrogen and oxygen atoms in total. The highest BCUT2D eigenvalue weighted by atomic mass is 32.1. The third-order valence-electron chi connectivity index (χ3n) is 5.18. The fraction of sp³-hybridized carbons (Fsp3) is 0.500. The summed E-state index contributed by atoms with van der Waals surface area (Å²) in [6, 6.07) is 8.21. The second-order valence-electron chi connectivity index (χ2n) is 7.67. The molecular formula is C24H33FN2O3S. The van der Waals surface area contributed by atoms with Gasteiger partial charge in [0.25, 0.3) is 0 Å². The lowest BCUT2D eigenvalue weighted by Gasteiger charge is -2.28. The van der Waals surface area contributed by atoms with Crippen LogP contribution >= 0.6 is 11.3 Å². The third kappa shape index (κ3) is 8.42. The number of carbonyl (C=O) groups is 2. The lowest BCUT2D eigenvalue weighted by molar-refractivity contribution is -0.141. The van der Waals surface area contributed by atoms with E-state index < -0.39 is 0 Å². The molecule has 1 aromatic heterocycles. The van der Waals surface area contributed by atoms with Crippen molar-refractivity contribution >= 4 is 23.2 Å². The van der Waals surface area contributed by atoms with E-state index in [-0.39, 0.29) is 24.2 Å². The summed E-state index contributed by atoms with van der Waals surface area (Å²) >= 11 is 1.61. The molecule has 0 aliphatic rings. The maximum Gasteiger partial charge on any atom is 0.242 e. The summed E-state index contributed by atoms with van der Waals surface area (Å²) in [4.78, 5) is 30.4. The van der Waals surface area contributed by atoms with Gasteiger partial charge in [0.1, 0.15) is 5.82 Å². The van der Waals surface area contributed by atoms with E-state index >= 15 is 0 Å². The van der Waals surface area contributed by atoms with E-state index in [1.807, 2.05) is 18.4 Å². The minimum absolute atomic E-state index is 0.0138. The van der Waals surface area contributed by atoms with E-state index in [0.717, 1.165) is 35.3 Å². The monoisotopic (exact) mass is 448 g/mol. The molecule has 0 fully saturated rings. The minimum Gasteiger partial charge on any atom is -0.383 e. The van der Waals surface area contributed by atoms with Crippen molar-refractivity contribution in [3.63, 3.8) is 0 Å². The van der Waals surface area contributed by atoms with Gasteiger partial charge in [-0.05, 0) is 48.1 Å². The van der Waals surface area contributed by atoms with Crippen LogP contribution in [0.4, 0.5) is 4.39 Å². The number of unbranched alkanes of at least 4 members (excludes halogenated alkanes) is 2. The number of hydrogen-bond acceptors (Lipinski definition) is 4. The fourth-order valence-electron chi connectivity index (χ4n) is 3.22. The molecule has 2 rings (SSSR count). The number of hydrogen-bond donors (Lipinski definition) is 0. The molecule has 0 atom stereocenters. The quantitative estimate of drug-likeness (QED) is 0.415. The lowest BCUT2D eigenvalue weighted by atomic mass is 10.1. The highest BCUT2D eigenvalue weighted by Gasteiger charge is 2.22. The molecule has 2 aromatic rings. The van der Waals surface area contributed by atoms with Crippen LogP contribution in [0.25, 0.3) is 0 Å². The Balaban J connectivity index is 2.14. The molecule has 31 heavy (non-hydrogen) atoms. The minimum atomic E-state index is -0.306. The Labute approximate surface area is 188 Å². The van der Waals surface area contributed by atoms with Gasteiger partial charge in [-0.15, -0.1) is 11.3 Å². The number of carbonyl (C=O) groups excluding carboxylic acids is 2. The Kier molecular flexibility index (Phi) is 10.7. The van der Waals surface area contributed by atoms with Gasteiger partial charge in [0, 0.05) is 31.5 Å². The van der Waals surface area contributed by atoms with E-state index in [2.05, 4.69) is 6.92 Å². The molecule has 0 saturated carbocycles. The maximum absolute atomic E-state index is 13.3. The van der Waals surface area contributed by atoms with Crippen LogP contribution in [0.2, 0.25) is 0 Å². The normalized spacial score (nSPS) is 10.8. The van der Waals surface area contributed by atoms with E-state index in [0.29, 0.717) is 32.7 Å². The maximum atomic E-state index is 13.3. The highest BCUT2D eigenvalue weighted by Crippen LogP contribution is 2.20. The Morgan fingerprint density at radius 3 is 2.39 bits per heavy atom. The number of nitrogens with zero attached hydrogens (tertiary/aromatic N) is 2. The molecule has 2 amide bonds. The summed E-state index contributed by atoms with van der Waals surface area (Å²) < 4.78 is 18.5. The number of ether oxygens (including phenoxy) is 1. The zero-order valence-corrected chi connectivity index (χ0v) is 19.5. The molecule has 1 aromatic carbocycles. The standard InChI is InChI=1S/C24H33FN2O3S/c1-4-5-6-7-23(28)26(13-14-30-3)18-24(29)27(17-22-19(2)12-15-31-22)16-20-8-10-21(25)11-9-20/h8-12,15H,4-7,13-14,16-18H2,1-3H3. The Hall–Kier alpha value is -2.25. The number of thiophene rings is 1. The molecule has 0 unspecified atom stereocenters. The largest absolute Gasteiger partial charge is 0.383 e. The van der Waals surface area contributed by atoms with E-state index in [1.165, 1.54) is 12.1 Å². The molecule has 170 valence electrons. The summed E-state index contributed by atoms with van der Waals surface area (Å²) in [5.41, 5.74) is 1.98. The number of amides is 2. The first kappa shape index (κ1) is 25.0. The van der Waals surface area contributed by atoms with Crippen molar-refractivity contribution in [3.05, 3.63) is 57.5 Å². The first-order valence-corrected chi connectivity index (χ1v) is 11.6. The summed E-state index contributed by atoms with van der Waals surface area (Å²) in [5, 5.41) is 2.01. The molecule has 7 heteroatoms.